The highest BCUT2D eigenvalue weighted by molar-refractivity contribution is 5.70. The summed E-state index contributed by atoms with van der Waals surface area (Å²) in [6, 6.07) is 15.0. The number of carboxylic acids is 1. The molecule has 0 unspecified atom stereocenters. The number of benzene rings is 2. The van der Waals surface area contributed by atoms with E-state index >= 15 is 0 Å². The largest absolute Gasteiger partial charge is 0.481 e. The maximum Gasteiger partial charge on any atom is 0.303 e. The number of aliphatic carboxylic acids is 1. The molecule has 1 aliphatic rings. The van der Waals surface area contributed by atoms with Gasteiger partial charge in [0, 0.05) is 31.7 Å². The molecule has 4 nitrogen and oxygen atoms in total. The van der Waals surface area contributed by atoms with Crippen LogP contribution in [0.4, 0.5) is 5.69 Å². The maximum atomic E-state index is 10.9. The SMILES string of the molecule is Cc1cc(N2CCC(CC(=O)O)CC2)ccc1-c1ccc(CN)cc1. The van der Waals surface area contributed by atoms with E-state index in [0.29, 0.717) is 18.9 Å². The molecule has 0 amide bonds. The predicted molar refractivity (Wildman–Crippen MR) is 102 cm³/mol. The number of nitrogens with two attached hydrogens (primary N) is 1. The van der Waals surface area contributed by atoms with E-state index in [1.165, 1.54) is 22.4 Å². The fourth-order valence-electron chi connectivity index (χ4n) is 3.63. The van der Waals surface area contributed by atoms with E-state index in [1.807, 2.05) is 0 Å². The molecule has 1 saturated heterocycles. The number of carbonyl (C=O) groups is 1. The number of carboxylic acid groups (broad SMARTS) is 1. The van der Waals surface area contributed by atoms with Crippen molar-refractivity contribution in [1.82, 2.24) is 0 Å². The average molecular weight is 338 g/mol. The summed E-state index contributed by atoms with van der Waals surface area (Å²) in [6.07, 6.45) is 2.20. The molecule has 0 aromatic heterocycles. The highest BCUT2D eigenvalue weighted by Crippen LogP contribution is 2.30. The van der Waals surface area contributed by atoms with Crippen molar-refractivity contribution in [3.8, 4) is 11.1 Å². The van der Waals surface area contributed by atoms with E-state index in [0.717, 1.165) is 31.5 Å². The topological polar surface area (TPSA) is 66.6 Å². The molecule has 3 N–H and O–H groups in total. The highest BCUT2D eigenvalue weighted by atomic mass is 16.4. The van der Waals surface area contributed by atoms with Gasteiger partial charge < -0.3 is 15.7 Å². The van der Waals surface area contributed by atoms with Crippen molar-refractivity contribution in [3.05, 3.63) is 53.6 Å². The van der Waals surface area contributed by atoms with Gasteiger partial charge in [0.2, 0.25) is 0 Å². The normalized spacial score (nSPS) is 15.4. The zero-order chi connectivity index (χ0) is 17.8. The van der Waals surface area contributed by atoms with E-state index in [-0.39, 0.29) is 0 Å². The van der Waals surface area contributed by atoms with Crippen molar-refractivity contribution in [2.24, 2.45) is 11.7 Å². The van der Waals surface area contributed by atoms with E-state index in [1.54, 1.807) is 0 Å². The smallest absolute Gasteiger partial charge is 0.303 e. The van der Waals surface area contributed by atoms with Gasteiger partial charge in [-0.3, -0.25) is 4.79 Å². The molecule has 0 spiro atoms. The summed E-state index contributed by atoms with van der Waals surface area (Å²) >= 11 is 0. The molecule has 0 saturated carbocycles. The van der Waals surface area contributed by atoms with Gasteiger partial charge in [-0.2, -0.15) is 0 Å². The van der Waals surface area contributed by atoms with Gasteiger partial charge in [-0.1, -0.05) is 30.3 Å². The van der Waals surface area contributed by atoms with Crippen molar-refractivity contribution >= 4 is 11.7 Å². The second-order valence-electron chi connectivity index (χ2n) is 6.93. The molecule has 25 heavy (non-hydrogen) atoms. The van der Waals surface area contributed by atoms with Crippen LogP contribution in [0.3, 0.4) is 0 Å². The fourth-order valence-corrected chi connectivity index (χ4v) is 3.63. The molecule has 1 aliphatic heterocycles. The summed E-state index contributed by atoms with van der Waals surface area (Å²) in [5, 5.41) is 8.94. The summed E-state index contributed by atoms with van der Waals surface area (Å²) in [7, 11) is 0. The minimum absolute atomic E-state index is 0.296. The van der Waals surface area contributed by atoms with Gasteiger partial charge in [-0.05, 0) is 60.1 Å². The zero-order valence-electron chi connectivity index (χ0n) is 14.7. The number of rotatable bonds is 5. The molecule has 0 bridgehead atoms. The van der Waals surface area contributed by atoms with Gasteiger partial charge in [0.1, 0.15) is 0 Å². The monoisotopic (exact) mass is 338 g/mol. The van der Waals surface area contributed by atoms with E-state index in [4.69, 9.17) is 10.8 Å². The Morgan fingerprint density at radius 3 is 2.40 bits per heavy atom. The molecule has 0 radical (unpaired) electrons. The van der Waals surface area contributed by atoms with Crippen molar-refractivity contribution < 1.29 is 9.90 Å². The fraction of sp³-hybridized carbons (Fsp3) is 0.381. The van der Waals surface area contributed by atoms with Gasteiger partial charge in [-0.25, -0.2) is 0 Å². The Labute approximate surface area is 149 Å². The molecular formula is C21H26N2O2. The van der Waals surface area contributed by atoms with Crippen molar-refractivity contribution in [2.75, 3.05) is 18.0 Å². The third kappa shape index (κ3) is 4.20. The van der Waals surface area contributed by atoms with Gasteiger partial charge in [-0.15, -0.1) is 0 Å². The number of hydrogen-bond donors (Lipinski definition) is 2. The van der Waals surface area contributed by atoms with Gasteiger partial charge in [0.05, 0.1) is 0 Å². The Morgan fingerprint density at radius 2 is 1.84 bits per heavy atom. The van der Waals surface area contributed by atoms with Crippen LogP contribution in [-0.2, 0) is 11.3 Å². The molecule has 0 atom stereocenters. The van der Waals surface area contributed by atoms with Crippen LogP contribution >= 0.6 is 0 Å². The predicted octanol–water partition coefficient (Wildman–Crippen LogP) is 3.81. The average Bonchev–Trinajstić information content (AvgIpc) is 2.62. The van der Waals surface area contributed by atoms with E-state index < -0.39 is 5.97 Å². The van der Waals surface area contributed by atoms with Crippen LogP contribution in [-0.4, -0.2) is 24.2 Å². The first kappa shape index (κ1) is 17.5. The summed E-state index contributed by atoms with van der Waals surface area (Å²) < 4.78 is 0. The van der Waals surface area contributed by atoms with Crippen LogP contribution in [0.2, 0.25) is 0 Å². The first-order valence-electron chi connectivity index (χ1n) is 8.93. The first-order chi connectivity index (χ1) is 12.1. The lowest BCUT2D eigenvalue weighted by atomic mass is 9.93. The number of hydrogen-bond acceptors (Lipinski definition) is 3. The number of piperidine rings is 1. The molecule has 3 rings (SSSR count). The van der Waals surface area contributed by atoms with Gasteiger partial charge in [0.25, 0.3) is 0 Å². The Kier molecular flexibility index (Phi) is 5.39. The van der Waals surface area contributed by atoms with E-state index in [2.05, 4.69) is 54.3 Å². The Balaban J connectivity index is 1.70. The Hall–Kier alpha value is -2.33. The highest BCUT2D eigenvalue weighted by Gasteiger charge is 2.21. The third-order valence-electron chi connectivity index (χ3n) is 5.15. The van der Waals surface area contributed by atoms with Crippen LogP contribution in [0.1, 0.15) is 30.4 Å². The maximum absolute atomic E-state index is 10.9. The summed E-state index contributed by atoms with van der Waals surface area (Å²) in [5.74, 6) is -0.366. The minimum atomic E-state index is -0.681. The Morgan fingerprint density at radius 1 is 1.16 bits per heavy atom. The van der Waals surface area contributed by atoms with Gasteiger partial charge in [0.15, 0.2) is 0 Å². The standard InChI is InChI=1S/C21H26N2O2/c1-15-12-19(23-10-8-16(9-11-23)13-21(24)25)6-7-20(15)18-4-2-17(14-22)3-5-18/h2-7,12,16H,8-11,13-14,22H2,1H3,(H,24,25). The second kappa shape index (κ2) is 7.70. The van der Waals surface area contributed by atoms with Crippen LogP contribution in [0.25, 0.3) is 11.1 Å². The molecule has 1 heterocycles. The number of nitrogens with zero attached hydrogens (tertiary/aromatic N) is 1. The molecule has 0 aliphatic carbocycles. The molecular weight excluding hydrogens is 312 g/mol. The Bertz CT molecular complexity index is 732. The number of anilines is 1. The van der Waals surface area contributed by atoms with Crippen LogP contribution in [0.5, 0.6) is 0 Å². The molecule has 1 fully saturated rings. The quantitative estimate of drug-likeness (QED) is 0.870. The van der Waals surface area contributed by atoms with E-state index in [9.17, 15) is 4.79 Å². The van der Waals surface area contributed by atoms with Crippen molar-refractivity contribution in [1.29, 1.82) is 0 Å². The minimum Gasteiger partial charge on any atom is -0.481 e. The van der Waals surface area contributed by atoms with Crippen molar-refractivity contribution in [3.63, 3.8) is 0 Å². The van der Waals surface area contributed by atoms with Crippen molar-refractivity contribution in [2.45, 2.75) is 32.7 Å². The zero-order valence-corrected chi connectivity index (χ0v) is 14.7. The van der Waals surface area contributed by atoms with Gasteiger partial charge >= 0.3 is 5.97 Å². The molecule has 2 aromatic rings. The second-order valence-corrected chi connectivity index (χ2v) is 6.93. The summed E-state index contributed by atoms with van der Waals surface area (Å²) in [4.78, 5) is 13.2. The lowest BCUT2D eigenvalue weighted by Gasteiger charge is -2.33. The lowest BCUT2D eigenvalue weighted by molar-refractivity contribution is -0.138. The van der Waals surface area contributed by atoms with Crippen LogP contribution < -0.4 is 10.6 Å². The first-order valence-corrected chi connectivity index (χ1v) is 8.93. The molecule has 2 aromatic carbocycles. The number of aryl methyl sites for hydroxylation is 1. The molecule has 4 heteroatoms. The molecule has 132 valence electrons. The summed E-state index contributed by atoms with van der Waals surface area (Å²) in [6.45, 7) is 4.58. The van der Waals surface area contributed by atoms with Crippen LogP contribution in [0, 0.1) is 12.8 Å². The van der Waals surface area contributed by atoms with Crippen LogP contribution in [0.15, 0.2) is 42.5 Å². The third-order valence-corrected chi connectivity index (χ3v) is 5.15. The summed E-state index contributed by atoms with van der Waals surface area (Å²) in [5.41, 5.74) is 11.7. The lowest BCUT2D eigenvalue weighted by Crippen LogP contribution is -2.34.